The molecule has 0 radical (unpaired) electrons. The van der Waals surface area contributed by atoms with Crippen LogP contribution in [0, 0.1) is 0 Å². The van der Waals surface area contributed by atoms with E-state index in [1.165, 1.54) is 0 Å². The highest BCUT2D eigenvalue weighted by Gasteiger charge is 2.18. The van der Waals surface area contributed by atoms with Gasteiger partial charge in [0.05, 0.1) is 12.1 Å². The minimum absolute atomic E-state index is 0.0112. The second-order valence-corrected chi connectivity index (χ2v) is 6.43. The third kappa shape index (κ3) is 5.71. The van der Waals surface area contributed by atoms with E-state index in [1.54, 1.807) is 36.4 Å². The smallest absolute Gasteiger partial charge is 0.307 e. The van der Waals surface area contributed by atoms with E-state index in [0.717, 1.165) is 6.42 Å². The fraction of sp³-hybridized carbons (Fsp3) is 0.286. The summed E-state index contributed by atoms with van der Waals surface area (Å²) in [5, 5.41) is 15.9. The number of rotatable bonds is 9. The topological polar surface area (TPSA) is 106 Å². The summed E-state index contributed by atoms with van der Waals surface area (Å²) < 4.78 is 11.2. The van der Waals surface area contributed by atoms with Gasteiger partial charge in [-0.15, -0.1) is 0 Å². The van der Waals surface area contributed by atoms with Crippen LogP contribution >= 0.6 is 0 Å². The first-order valence-corrected chi connectivity index (χ1v) is 9.24. The van der Waals surface area contributed by atoms with E-state index in [1.807, 2.05) is 13.0 Å². The number of carboxylic acid groups (broad SMARTS) is 1. The molecule has 1 aliphatic heterocycles. The number of fused-ring (bicyclic) bond motifs is 1. The molecule has 2 aromatic rings. The second-order valence-electron chi connectivity index (χ2n) is 6.43. The van der Waals surface area contributed by atoms with Crippen LogP contribution in [-0.4, -0.2) is 42.5 Å². The van der Waals surface area contributed by atoms with Gasteiger partial charge in [0.25, 0.3) is 5.91 Å². The molecule has 0 atom stereocenters. The Labute approximate surface area is 168 Å². The molecule has 2 aromatic carbocycles. The van der Waals surface area contributed by atoms with Gasteiger partial charge in [0.15, 0.2) is 6.61 Å². The number of hydrogen-bond donors (Lipinski definition) is 2. The monoisotopic (exact) mass is 398 g/mol. The number of carboxylic acids is 1. The molecule has 1 aliphatic rings. The van der Waals surface area contributed by atoms with Crippen molar-refractivity contribution >= 4 is 23.3 Å². The minimum Gasteiger partial charge on any atom is -0.487 e. The molecule has 0 saturated heterocycles. The summed E-state index contributed by atoms with van der Waals surface area (Å²) >= 11 is 0. The van der Waals surface area contributed by atoms with Crippen LogP contribution in [0.25, 0.3) is 0 Å². The molecule has 152 valence electrons. The largest absolute Gasteiger partial charge is 0.487 e. The molecule has 3 rings (SSSR count). The van der Waals surface area contributed by atoms with Crippen molar-refractivity contribution in [1.82, 2.24) is 0 Å². The maximum Gasteiger partial charge on any atom is 0.307 e. The van der Waals surface area contributed by atoms with E-state index < -0.39 is 5.97 Å². The van der Waals surface area contributed by atoms with Crippen LogP contribution in [0.1, 0.15) is 24.5 Å². The normalized spacial score (nSPS) is 13.1. The zero-order valence-corrected chi connectivity index (χ0v) is 16.0. The first kappa shape index (κ1) is 20.2. The average Bonchev–Trinajstić information content (AvgIpc) is 2.70. The fourth-order valence-electron chi connectivity index (χ4n) is 2.71. The van der Waals surface area contributed by atoms with Crippen molar-refractivity contribution in [3.8, 4) is 11.5 Å². The Morgan fingerprint density at radius 2 is 2.14 bits per heavy atom. The molecule has 2 N–H and O–H groups in total. The molecular formula is C21H22N2O6. The van der Waals surface area contributed by atoms with Gasteiger partial charge in [-0.1, -0.05) is 24.2 Å². The van der Waals surface area contributed by atoms with E-state index in [-0.39, 0.29) is 25.5 Å². The van der Waals surface area contributed by atoms with E-state index >= 15 is 0 Å². The number of anilines is 1. The number of hydrogen-bond acceptors (Lipinski definition) is 6. The molecule has 8 heteroatoms. The number of carbonyl (C=O) groups excluding carboxylic acids is 1. The SMILES string of the molecule is CCCON=C(COc1cccc(CC(=O)O)c1)c1ccc2c(c1)NC(=O)CO2. The minimum atomic E-state index is -0.907. The molecule has 29 heavy (non-hydrogen) atoms. The zero-order valence-electron chi connectivity index (χ0n) is 16.0. The van der Waals surface area contributed by atoms with Crippen LogP contribution in [0.2, 0.25) is 0 Å². The Morgan fingerprint density at radius 1 is 1.28 bits per heavy atom. The second kappa shape index (κ2) is 9.59. The lowest BCUT2D eigenvalue weighted by atomic mass is 10.1. The quantitative estimate of drug-likeness (QED) is 0.382. The van der Waals surface area contributed by atoms with E-state index in [0.29, 0.717) is 40.6 Å². The number of nitrogens with one attached hydrogen (secondary N) is 1. The molecule has 0 aliphatic carbocycles. The van der Waals surface area contributed by atoms with Crippen LogP contribution in [0.15, 0.2) is 47.6 Å². The Bertz CT molecular complexity index is 925. The lowest BCUT2D eigenvalue weighted by molar-refractivity contribution is -0.136. The van der Waals surface area contributed by atoms with Crippen LogP contribution in [-0.2, 0) is 20.8 Å². The van der Waals surface area contributed by atoms with Crippen molar-refractivity contribution in [3.05, 3.63) is 53.6 Å². The highest BCUT2D eigenvalue weighted by atomic mass is 16.6. The van der Waals surface area contributed by atoms with Gasteiger partial charge in [0.2, 0.25) is 0 Å². The first-order valence-electron chi connectivity index (χ1n) is 9.24. The van der Waals surface area contributed by atoms with Gasteiger partial charge < -0.3 is 24.7 Å². The number of benzene rings is 2. The van der Waals surface area contributed by atoms with Crippen LogP contribution in [0.5, 0.6) is 11.5 Å². The van der Waals surface area contributed by atoms with Crippen LogP contribution in [0.4, 0.5) is 5.69 Å². The van der Waals surface area contributed by atoms with Gasteiger partial charge in [0.1, 0.15) is 30.4 Å². The van der Waals surface area contributed by atoms with Crippen molar-refractivity contribution in [2.75, 3.05) is 25.1 Å². The Hall–Kier alpha value is -3.55. The summed E-state index contributed by atoms with van der Waals surface area (Å²) in [5.41, 5.74) is 2.45. The predicted octanol–water partition coefficient (Wildman–Crippen LogP) is 2.85. The molecule has 0 fully saturated rings. The van der Waals surface area contributed by atoms with Gasteiger partial charge in [-0.2, -0.15) is 0 Å². The fourth-order valence-corrected chi connectivity index (χ4v) is 2.71. The van der Waals surface area contributed by atoms with E-state index in [9.17, 15) is 9.59 Å². The molecule has 0 aromatic heterocycles. The highest BCUT2D eigenvalue weighted by molar-refractivity contribution is 6.04. The molecule has 1 amide bonds. The Balaban J connectivity index is 1.78. The lowest BCUT2D eigenvalue weighted by Gasteiger charge is -2.19. The van der Waals surface area contributed by atoms with Crippen molar-refractivity contribution in [2.45, 2.75) is 19.8 Å². The summed E-state index contributed by atoms with van der Waals surface area (Å²) in [6.45, 7) is 2.53. The number of nitrogens with zero attached hydrogens (tertiary/aromatic N) is 1. The predicted molar refractivity (Wildman–Crippen MR) is 107 cm³/mol. The third-order valence-corrected chi connectivity index (χ3v) is 4.05. The highest BCUT2D eigenvalue weighted by Crippen LogP contribution is 2.29. The molecule has 8 nitrogen and oxygen atoms in total. The molecule has 1 heterocycles. The summed E-state index contributed by atoms with van der Waals surface area (Å²) in [6.07, 6.45) is 0.727. The molecule has 0 spiro atoms. The van der Waals surface area contributed by atoms with E-state index in [2.05, 4.69) is 10.5 Å². The maximum absolute atomic E-state index is 11.6. The van der Waals surface area contributed by atoms with Crippen molar-refractivity contribution in [3.63, 3.8) is 0 Å². The average molecular weight is 398 g/mol. The lowest BCUT2D eigenvalue weighted by Crippen LogP contribution is -2.25. The van der Waals surface area contributed by atoms with Crippen molar-refractivity contribution in [2.24, 2.45) is 5.16 Å². The van der Waals surface area contributed by atoms with Crippen LogP contribution < -0.4 is 14.8 Å². The number of amides is 1. The van der Waals surface area contributed by atoms with Crippen molar-refractivity contribution < 1.29 is 29.0 Å². The summed E-state index contributed by atoms with van der Waals surface area (Å²) in [4.78, 5) is 27.8. The molecule has 0 saturated carbocycles. The number of aliphatic carboxylic acids is 1. The maximum atomic E-state index is 11.6. The Kier molecular flexibility index (Phi) is 6.67. The Morgan fingerprint density at radius 3 is 2.93 bits per heavy atom. The third-order valence-electron chi connectivity index (χ3n) is 4.05. The number of carbonyl (C=O) groups is 2. The number of ether oxygens (including phenoxy) is 2. The van der Waals surface area contributed by atoms with Gasteiger partial charge in [-0.25, -0.2) is 0 Å². The van der Waals surface area contributed by atoms with Gasteiger partial charge in [-0.05, 0) is 42.3 Å². The number of oxime groups is 1. The van der Waals surface area contributed by atoms with Gasteiger partial charge in [0, 0.05) is 5.56 Å². The standard InChI is InChI=1S/C21H22N2O6/c1-2-8-29-23-18(12-27-16-5-3-4-14(9-16)10-21(25)26)15-6-7-19-17(11-15)22-20(24)13-28-19/h3-7,9,11H,2,8,10,12-13H2,1H3,(H,22,24)(H,25,26). The summed E-state index contributed by atoms with van der Waals surface area (Å²) in [7, 11) is 0. The molecular weight excluding hydrogens is 376 g/mol. The van der Waals surface area contributed by atoms with E-state index in [4.69, 9.17) is 19.4 Å². The van der Waals surface area contributed by atoms with Crippen molar-refractivity contribution in [1.29, 1.82) is 0 Å². The molecule has 0 bridgehead atoms. The van der Waals surface area contributed by atoms with Gasteiger partial charge >= 0.3 is 5.97 Å². The summed E-state index contributed by atoms with van der Waals surface area (Å²) in [6, 6.07) is 12.2. The first-order chi connectivity index (χ1) is 14.0. The summed E-state index contributed by atoms with van der Waals surface area (Å²) in [5.74, 6) is -0.0106. The molecule has 0 unspecified atom stereocenters. The van der Waals surface area contributed by atoms with Gasteiger partial charge in [-0.3, -0.25) is 9.59 Å². The van der Waals surface area contributed by atoms with Crippen LogP contribution in [0.3, 0.4) is 0 Å². The zero-order chi connectivity index (χ0) is 20.6.